The van der Waals surface area contributed by atoms with E-state index in [1.807, 2.05) is 4.68 Å². The van der Waals surface area contributed by atoms with Crippen LogP contribution in [-0.4, -0.2) is 22.9 Å². The molecule has 0 amide bonds. The highest BCUT2D eigenvalue weighted by molar-refractivity contribution is 5.82. The first-order chi connectivity index (χ1) is 7.79. The summed E-state index contributed by atoms with van der Waals surface area (Å²) in [4.78, 5) is 0. The van der Waals surface area contributed by atoms with E-state index in [4.69, 9.17) is 4.74 Å². The zero-order valence-corrected chi connectivity index (χ0v) is 9.95. The Morgan fingerprint density at radius 2 is 2.35 bits per heavy atom. The lowest BCUT2D eigenvalue weighted by molar-refractivity contribution is -0.389. The minimum absolute atomic E-state index is 0. The lowest BCUT2D eigenvalue weighted by atomic mass is 10.1. The molecular formula is C11H13ClFN3O. The van der Waals surface area contributed by atoms with Crippen molar-refractivity contribution in [3.8, 4) is 0 Å². The summed E-state index contributed by atoms with van der Waals surface area (Å²) in [6, 6.07) is 4.68. The number of fused-ring (bicyclic) bond motifs is 3. The number of ether oxygens (including phenoxy) is 1. The molecule has 3 rings (SSSR count). The minimum atomic E-state index is -0.255. The van der Waals surface area contributed by atoms with Crippen molar-refractivity contribution in [3.63, 3.8) is 0 Å². The number of hydrogen-bond donors (Lipinski definition) is 1. The van der Waals surface area contributed by atoms with Gasteiger partial charge in [-0.1, -0.05) is 0 Å². The van der Waals surface area contributed by atoms with E-state index in [2.05, 4.69) is 10.8 Å². The SMILES string of the molecule is [Cl-].[NH3+]CC1OCCn2nc3cc(F)ccc3c21. The third kappa shape index (κ3) is 1.90. The van der Waals surface area contributed by atoms with Crippen molar-refractivity contribution in [2.75, 3.05) is 13.2 Å². The molecule has 4 nitrogen and oxygen atoms in total. The Labute approximate surface area is 104 Å². The van der Waals surface area contributed by atoms with Crippen molar-refractivity contribution < 1.29 is 27.3 Å². The molecule has 1 aliphatic heterocycles. The van der Waals surface area contributed by atoms with Crippen molar-refractivity contribution in [3.05, 3.63) is 29.7 Å². The highest BCUT2D eigenvalue weighted by Crippen LogP contribution is 2.29. The Bertz CT molecular complexity index is 543. The van der Waals surface area contributed by atoms with Gasteiger partial charge < -0.3 is 22.9 Å². The van der Waals surface area contributed by atoms with Crippen LogP contribution >= 0.6 is 0 Å². The molecule has 1 aliphatic rings. The number of halogens is 2. The number of aromatic nitrogens is 2. The first kappa shape index (κ1) is 12.3. The molecule has 0 aliphatic carbocycles. The maximum atomic E-state index is 13.1. The molecule has 0 spiro atoms. The van der Waals surface area contributed by atoms with Crippen molar-refractivity contribution in [1.29, 1.82) is 0 Å². The highest BCUT2D eigenvalue weighted by Gasteiger charge is 2.25. The lowest BCUT2D eigenvalue weighted by Gasteiger charge is -2.21. The van der Waals surface area contributed by atoms with Crippen LogP contribution < -0.4 is 18.1 Å². The second-order valence-electron chi connectivity index (χ2n) is 3.92. The zero-order valence-electron chi connectivity index (χ0n) is 9.20. The van der Waals surface area contributed by atoms with Gasteiger partial charge in [-0.25, -0.2) is 4.39 Å². The van der Waals surface area contributed by atoms with Gasteiger partial charge in [0.2, 0.25) is 0 Å². The van der Waals surface area contributed by atoms with Crippen LogP contribution in [0.1, 0.15) is 11.8 Å². The summed E-state index contributed by atoms with van der Waals surface area (Å²) in [6.45, 7) is 2.03. The number of quaternary nitrogens is 1. The number of nitrogens with zero attached hydrogens (tertiary/aromatic N) is 2. The van der Waals surface area contributed by atoms with Crippen LogP contribution in [0, 0.1) is 5.82 Å². The van der Waals surface area contributed by atoms with Crippen LogP contribution in [0.15, 0.2) is 18.2 Å². The smallest absolute Gasteiger partial charge is 0.148 e. The van der Waals surface area contributed by atoms with Gasteiger partial charge in [-0.15, -0.1) is 0 Å². The van der Waals surface area contributed by atoms with Gasteiger partial charge in [0.1, 0.15) is 18.5 Å². The van der Waals surface area contributed by atoms with E-state index in [0.717, 1.165) is 17.6 Å². The third-order valence-electron chi connectivity index (χ3n) is 2.93. The minimum Gasteiger partial charge on any atom is -1.00 e. The quantitative estimate of drug-likeness (QED) is 0.614. The third-order valence-corrected chi connectivity index (χ3v) is 2.93. The summed E-state index contributed by atoms with van der Waals surface area (Å²) in [7, 11) is 0. The van der Waals surface area contributed by atoms with E-state index in [1.165, 1.54) is 12.1 Å². The molecule has 3 N–H and O–H groups in total. The second kappa shape index (κ2) is 4.60. The molecule has 2 aromatic rings. The number of hydrogen-bond acceptors (Lipinski definition) is 2. The Kier molecular flexibility index (Phi) is 3.33. The van der Waals surface area contributed by atoms with Crippen molar-refractivity contribution >= 4 is 10.9 Å². The molecule has 6 heteroatoms. The summed E-state index contributed by atoms with van der Waals surface area (Å²) in [5, 5.41) is 5.35. The molecule has 92 valence electrons. The summed E-state index contributed by atoms with van der Waals surface area (Å²) in [5.74, 6) is -0.255. The molecule has 1 unspecified atom stereocenters. The van der Waals surface area contributed by atoms with E-state index in [-0.39, 0.29) is 24.3 Å². The molecule has 0 saturated heterocycles. The van der Waals surface area contributed by atoms with E-state index in [9.17, 15) is 4.39 Å². The number of rotatable bonds is 1. The molecular weight excluding hydrogens is 245 g/mol. The normalized spacial score (nSPS) is 18.8. The van der Waals surface area contributed by atoms with Crippen LogP contribution in [-0.2, 0) is 11.3 Å². The summed E-state index contributed by atoms with van der Waals surface area (Å²) >= 11 is 0. The van der Waals surface area contributed by atoms with E-state index in [1.54, 1.807) is 6.07 Å². The van der Waals surface area contributed by atoms with E-state index < -0.39 is 0 Å². The maximum Gasteiger partial charge on any atom is 0.148 e. The Morgan fingerprint density at radius 1 is 1.53 bits per heavy atom. The van der Waals surface area contributed by atoms with Crippen molar-refractivity contribution in [2.24, 2.45) is 0 Å². The summed E-state index contributed by atoms with van der Waals surface area (Å²) < 4.78 is 20.6. The fraction of sp³-hybridized carbons (Fsp3) is 0.364. The summed E-state index contributed by atoms with van der Waals surface area (Å²) in [5.41, 5.74) is 5.59. The van der Waals surface area contributed by atoms with Gasteiger partial charge in [0.05, 0.1) is 24.4 Å². The average molecular weight is 258 g/mol. The standard InChI is InChI=1S/C11H12FN3O.ClH/c12-7-1-2-8-9(5-7)14-15-3-4-16-10(6-13)11(8)15;/h1-2,5,10H,3-4,6,13H2;1H. The first-order valence-corrected chi connectivity index (χ1v) is 5.36. The predicted molar refractivity (Wildman–Crippen MR) is 56.1 cm³/mol. The van der Waals surface area contributed by atoms with Gasteiger partial charge >= 0.3 is 0 Å². The molecule has 0 radical (unpaired) electrons. The topological polar surface area (TPSA) is 54.7 Å². The van der Waals surface area contributed by atoms with E-state index >= 15 is 0 Å². The van der Waals surface area contributed by atoms with E-state index in [0.29, 0.717) is 18.7 Å². The fourth-order valence-electron chi connectivity index (χ4n) is 2.22. The van der Waals surface area contributed by atoms with Crippen LogP contribution in [0.4, 0.5) is 4.39 Å². The Hall–Kier alpha value is -1.17. The lowest BCUT2D eigenvalue weighted by Crippen LogP contribution is -3.00. The molecule has 2 heterocycles. The van der Waals surface area contributed by atoms with Gasteiger partial charge in [-0.05, 0) is 12.1 Å². The van der Waals surface area contributed by atoms with Crippen molar-refractivity contribution in [2.45, 2.75) is 12.6 Å². The zero-order chi connectivity index (χ0) is 11.1. The summed E-state index contributed by atoms with van der Waals surface area (Å²) in [6.07, 6.45) is -0.0239. The molecule has 0 bridgehead atoms. The van der Waals surface area contributed by atoms with Crippen LogP contribution in [0.25, 0.3) is 10.9 Å². The van der Waals surface area contributed by atoms with Gasteiger partial charge in [0, 0.05) is 11.5 Å². The monoisotopic (exact) mass is 257 g/mol. The molecule has 17 heavy (non-hydrogen) atoms. The largest absolute Gasteiger partial charge is 1.00 e. The Balaban J connectivity index is 0.00000108. The number of benzene rings is 1. The van der Waals surface area contributed by atoms with Gasteiger partial charge in [-0.3, -0.25) is 4.68 Å². The predicted octanol–water partition coefficient (Wildman–Crippen LogP) is -2.51. The van der Waals surface area contributed by atoms with Gasteiger partial charge in [0.15, 0.2) is 0 Å². The Morgan fingerprint density at radius 3 is 3.12 bits per heavy atom. The van der Waals surface area contributed by atoms with Crippen molar-refractivity contribution in [1.82, 2.24) is 9.78 Å². The second-order valence-corrected chi connectivity index (χ2v) is 3.92. The van der Waals surface area contributed by atoms with Gasteiger partial charge in [-0.2, -0.15) is 5.10 Å². The average Bonchev–Trinajstić information content (AvgIpc) is 2.65. The molecule has 1 atom stereocenters. The van der Waals surface area contributed by atoms with Crippen LogP contribution in [0.3, 0.4) is 0 Å². The molecule has 0 fully saturated rings. The van der Waals surface area contributed by atoms with Crippen LogP contribution in [0.5, 0.6) is 0 Å². The van der Waals surface area contributed by atoms with Crippen LogP contribution in [0.2, 0.25) is 0 Å². The first-order valence-electron chi connectivity index (χ1n) is 5.36. The highest BCUT2D eigenvalue weighted by atomic mass is 35.5. The maximum absolute atomic E-state index is 13.1. The fourth-order valence-corrected chi connectivity index (χ4v) is 2.22. The molecule has 0 saturated carbocycles. The van der Waals surface area contributed by atoms with Gasteiger partial charge in [0.25, 0.3) is 0 Å². The molecule has 1 aromatic heterocycles. The molecule has 1 aromatic carbocycles.